The maximum Gasteiger partial charge on any atom is 0.0633 e. The molecule has 0 heterocycles. The summed E-state index contributed by atoms with van der Waals surface area (Å²) in [7, 11) is 1.95. The Morgan fingerprint density at radius 3 is 2.54 bits per heavy atom. The number of aliphatic hydroxyl groups excluding tert-OH is 2. The molecule has 4 saturated carbocycles. The molecule has 0 aromatic carbocycles. The topological polar surface area (TPSA) is 49.7 Å². The first-order valence-corrected chi connectivity index (χ1v) is 12.2. The Hall–Kier alpha value is -0.120. The molecule has 0 amide bonds. The van der Waals surface area contributed by atoms with Crippen molar-refractivity contribution in [2.75, 3.05) is 13.7 Å². The Kier molecular flexibility index (Phi) is 5.92. The molecule has 3 nitrogen and oxygen atoms in total. The molecule has 2 N–H and O–H groups in total. The molecule has 4 rings (SSSR count). The lowest BCUT2D eigenvalue weighted by molar-refractivity contribution is -0.183. The van der Waals surface area contributed by atoms with Crippen LogP contribution in [0.15, 0.2) is 0 Å². The van der Waals surface area contributed by atoms with Crippen molar-refractivity contribution in [1.82, 2.24) is 0 Å². The number of fused-ring (bicyclic) bond motifs is 5. The van der Waals surface area contributed by atoms with Gasteiger partial charge in [-0.15, -0.1) is 0 Å². The number of methoxy groups -OCH3 is 1. The van der Waals surface area contributed by atoms with E-state index in [0.29, 0.717) is 35.4 Å². The van der Waals surface area contributed by atoms with Gasteiger partial charge >= 0.3 is 0 Å². The molecule has 0 aromatic rings. The van der Waals surface area contributed by atoms with E-state index in [1.165, 1.54) is 38.5 Å². The normalized spacial score (nSPS) is 51.9. The minimum absolute atomic E-state index is 0.0649. The summed E-state index contributed by atoms with van der Waals surface area (Å²) in [5.74, 6) is 4.53. The Balaban J connectivity index is 1.61. The first-order chi connectivity index (χ1) is 13.4. The molecule has 0 spiro atoms. The highest BCUT2D eigenvalue weighted by Gasteiger charge is 2.64. The third-order valence-corrected chi connectivity index (χ3v) is 10.6. The van der Waals surface area contributed by atoms with Crippen LogP contribution in [0, 0.1) is 46.3 Å². The van der Waals surface area contributed by atoms with Crippen LogP contribution in [0.2, 0.25) is 0 Å². The van der Waals surface area contributed by atoms with Crippen LogP contribution in [0.25, 0.3) is 0 Å². The molecule has 0 saturated heterocycles. The van der Waals surface area contributed by atoms with Crippen molar-refractivity contribution in [2.45, 2.75) is 97.2 Å². The Labute approximate surface area is 172 Å². The van der Waals surface area contributed by atoms with Crippen LogP contribution in [-0.2, 0) is 4.74 Å². The molecule has 4 aliphatic rings. The second-order valence-electron chi connectivity index (χ2n) is 11.4. The van der Waals surface area contributed by atoms with Gasteiger partial charge in [-0.2, -0.15) is 0 Å². The fourth-order valence-corrected chi connectivity index (χ4v) is 9.10. The molecule has 0 aromatic heterocycles. The third kappa shape index (κ3) is 3.10. The van der Waals surface area contributed by atoms with E-state index in [1.807, 2.05) is 7.11 Å². The summed E-state index contributed by atoms with van der Waals surface area (Å²) in [4.78, 5) is 0. The number of hydrogen-bond donors (Lipinski definition) is 2. The van der Waals surface area contributed by atoms with Gasteiger partial charge < -0.3 is 14.9 Å². The summed E-state index contributed by atoms with van der Waals surface area (Å²) in [6.07, 6.45) is 12.2. The molecule has 0 unspecified atom stereocenters. The highest BCUT2D eigenvalue weighted by molar-refractivity contribution is 5.12. The molecule has 0 bridgehead atoms. The van der Waals surface area contributed by atoms with E-state index in [-0.39, 0.29) is 6.10 Å². The van der Waals surface area contributed by atoms with E-state index < -0.39 is 0 Å². The summed E-state index contributed by atoms with van der Waals surface area (Å²) in [5.41, 5.74) is 0.697. The molecule has 3 heteroatoms. The monoisotopic (exact) mass is 392 g/mol. The average molecular weight is 393 g/mol. The lowest BCUT2D eigenvalue weighted by Gasteiger charge is -2.63. The largest absolute Gasteiger partial charge is 0.396 e. The van der Waals surface area contributed by atoms with Gasteiger partial charge in [0, 0.05) is 13.7 Å². The zero-order chi connectivity index (χ0) is 20.1. The van der Waals surface area contributed by atoms with Crippen LogP contribution in [0.4, 0.5) is 0 Å². The summed E-state index contributed by atoms with van der Waals surface area (Å²) < 4.78 is 6.29. The van der Waals surface area contributed by atoms with Crippen LogP contribution in [0.5, 0.6) is 0 Å². The Bertz CT molecular complexity index is 550. The Morgan fingerprint density at radius 2 is 1.82 bits per heavy atom. The molecular formula is C25H44O3. The fourth-order valence-electron chi connectivity index (χ4n) is 9.10. The number of rotatable bonds is 5. The van der Waals surface area contributed by atoms with Gasteiger partial charge in [0.05, 0.1) is 12.2 Å². The zero-order valence-corrected chi connectivity index (χ0v) is 18.7. The highest BCUT2D eigenvalue weighted by Crippen LogP contribution is 2.68. The fraction of sp³-hybridized carbons (Fsp3) is 1.00. The van der Waals surface area contributed by atoms with Gasteiger partial charge in [0.15, 0.2) is 0 Å². The maximum atomic E-state index is 10.3. The van der Waals surface area contributed by atoms with Crippen molar-refractivity contribution in [3.63, 3.8) is 0 Å². The van der Waals surface area contributed by atoms with Crippen molar-refractivity contribution >= 4 is 0 Å². The minimum atomic E-state index is -0.0649. The first kappa shape index (κ1) is 21.1. The molecule has 28 heavy (non-hydrogen) atoms. The molecule has 162 valence electrons. The maximum absolute atomic E-state index is 10.3. The van der Waals surface area contributed by atoms with Crippen molar-refractivity contribution in [2.24, 2.45) is 46.3 Å². The van der Waals surface area contributed by atoms with E-state index in [1.54, 1.807) is 0 Å². The quantitative estimate of drug-likeness (QED) is 0.689. The molecule has 0 radical (unpaired) electrons. The van der Waals surface area contributed by atoms with Crippen LogP contribution >= 0.6 is 0 Å². The summed E-state index contributed by atoms with van der Waals surface area (Å²) in [6, 6.07) is 0. The highest BCUT2D eigenvalue weighted by atomic mass is 16.5. The van der Waals surface area contributed by atoms with E-state index in [2.05, 4.69) is 20.8 Å². The van der Waals surface area contributed by atoms with Crippen molar-refractivity contribution in [1.29, 1.82) is 0 Å². The van der Waals surface area contributed by atoms with E-state index in [0.717, 1.165) is 49.4 Å². The van der Waals surface area contributed by atoms with Gasteiger partial charge in [0.25, 0.3) is 0 Å². The van der Waals surface area contributed by atoms with Crippen LogP contribution in [0.3, 0.4) is 0 Å². The van der Waals surface area contributed by atoms with Crippen LogP contribution < -0.4 is 0 Å². The van der Waals surface area contributed by atoms with Crippen LogP contribution in [-0.4, -0.2) is 36.1 Å². The molecule has 0 aliphatic heterocycles. The van der Waals surface area contributed by atoms with Gasteiger partial charge in [0.2, 0.25) is 0 Å². The number of hydrogen-bond acceptors (Lipinski definition) is 3. The van der Waals surface area contributed by atoms with Gasteiger partial charge in [-0.1, -0.05) is 20.8 Å². The first-order valence-electron chi connectivity index (χ1n) is 12.2. The van der Waals surface area contributed by atoms with Gasteiger partial charge in [-0.25, -0.2) is 0 Å². The molecule has 10 atom stereocenters. The second-order valence-corrected chi connectivity index (χ2v) is 11.4. The predicted octanol–water partition coefficient (Wildman–Crippen LogP) is 5.04. The zero-order valence-electron chi connectivity index (χ0n) is 18.7. The van der Waals surface area contributed by atoms with Crippen molar-refractivity contribution in [3.8, 4) is 0 Å². The van der Waals surface area contributed by atoms with Crippen molar-refractivity contribution in [3.05, 3.63) is 0 Å². The van der Waals surface area contributed by atoms with Gasteiger partial charge in [-0.05, 0) is 111 Å². The molecule has 4 fully saturated rings. The van der Waals surface area contributed by atoms with Gasteiger partial charge in [0.1, 0.15) is 0 Å². The standard InChI is InChI=1S/C25H44O3/c1-16(6-5-13-26)20-9-10-21-19-8-7-17-14-18(27)11-12-24(17,2)22(19)15-23(28-4)25(20,21)3/h16-23,26-27H,5-15H2,1-4H3/t16-,17-,18-,19+,20-,21+,22+,23+,24+,25-/m1/s1. The average Bonchev–Trinajstić information content (AvgIpc) is 3.04. The SMILES string of the molecule is CO[C@H]1C[C@H]2[C@@H](CC[C@@H]3C[C@H](O)CC[C@@]32C)[C@@H]2CC[C@H]([C@H](C)CCCO)[C@@]12C. The number of ether oxygens (including phenoxy) is 1. The van der Waals surface area contributed by atoms with E-state index in [9.17, 15) is 10.2 Å². The molecular weight excluding hydrogens is 348 g/mol. The Morgan fingerprint density at radius 1 is 1.04 bits per heavy atom. The third-order valence-electron chi connectivity index (χ3n) is 10.6. The van der Waals surface area contributed by atoms with E-state index in [4.69, 9.17) is 4.74 Å². The molecule has 4 aliphatic carbocycles. The van der Waals surface area contributed by atoms with E-state index >= 15 is 0 Å². The minimum Gasteiger partial charge on any atom is -0.396 e. The smallest absolute Gasteiger partial charge is 0.0633 e. The second kappa shape index (κ2) is 7.85. The summed E-state index contributed by atoms with van der Waals surface area (Å²) in [5, 5.41) is 19.6. The van der Waals surface area contributed by atoms with Crippen LogP contribution in [0.1, 0.15) is 85.0 Å². The predicted molar refractivity (Wildman–Crippen MR) is 113 cm³/mol. The van der Waals surface area contributed by atoms with Gasteiger partial charge in [-0.3, -0.25) is 0 Å². The van der Waals surface area contributed by atoms with Crippen molar-refractivity contribution < 1.29 is 14.9 Å². The lowest BCUT2D eigenvalue weighted by atomic mass is 9.43. The number of aliphatic hydroxyl groups is 2. The summed E-state index contributed by atoms with van der Waals surface area (Å²) in [6.45, 7) is 7.87. The lowest BCUT2D eigenvalue weighted by Crippen LogP contribution is -2.59. The summed E-state index contributed by atoms with van der Waals surface area (Å²) >= 11 is 0.